The Kier molecular flexibility index (Phi) is 5.09. The first-order valence-electron chi connectivity index (χ1n) is 11.9. The maximum atomic E-state index is 5.07. The molecule has 3 aromatic rings. The normalized spacial score (nSPS) is 22.2. The monoisotopic (exact) mass is 444 g/mol. The molecule has 0 radical (unpaired) electrons. The van der Waals surface area contributed by atoms with Crippen LogP contribution in [0.15, 0.2) is 53.5 Å². The minimum Gasteiger partial charge on any atom is -0.331 e. The maximum absolute atomic E-state index is 5.07. The maximum Gasteiger partial charge on any atom is 0.216 e. The average molecular weight is 445 g/mol. The summed E-state index contributed by atoms with van der Waals surface area (Å²) in [6.45, 7) is 10.1. The van der Waals surface area contributed by atoms with Crippen LogP contribution in [0.3, 0.4) is 0 Å². The van der Waals surface area contributed by atoms with Gasteiger partial charge in [0, 0.05) is 26.2 Å². The van der Waals surface area contributed by atoms with E-state index in [2.05, 4.69) is 99.1 Å². The second-order valence-corrected chi connectivity index (χ2v) is 9.59. The third-order valence-electron chi connectivity index (χ3n) is 7.09. The molecule has 33 heavy (non-hydrogen) atoms. The lowest BCUT2D eigenvalue weighted by molar-refractivity contribution is -0.0528. The van der Waals surface area contributed by atoms with Crippen LogP contribution in [0.2, 0.25) is 0 Å². The Hall–Kier alpha value is -2.94. The highest BCUT2D eigenvalue weighted by Crippen LogP contribution is 2.34. The largest absolute Gasteiger partial charge is 0.331 e. The highest BCUT2D eigenvalue weighted by molar-refractivity contribution is 5.98. The molecule has 1 saturated heterocycles. The Morgan fingerprint density at radius 2 is 1.70 bits per heavy atom. The van der Waals surface area contributed by atoms with Gasteiger partial charge in [0.1, 0.15) is 12.8 Å². The lowest BCUT2D eigenvalue weighted by Gasteiger charge is -2.46. The van der Waals surface area contributed by atoms with Crippen molar-refractivity contribution in [1.29, 1.82) is 0 Å². The van der Waals surface area contributed by atoms with E-state index in [0.29, 0.717) is 12.6 Å². The summed E-state index contributed by atoms with van der Waals surface area (Å²) in [5.74, 6) is 2.37. The molecule has 3 aliphatic heterocycles. The van der Waals surface area contributed by atoms with Gasteiger partial charge in [-0.3, -0.25) is 9.47 Å². The van der Waals surface area contributed by atoms with E-state index in [0.717, 1.165) is 55.8 Å². The highest BCUT2D eigenvalue weighted by Gasteiger charge is 2.37. The minimum atomic E-state index is -0.0428. The number of guanidine groups is 1. The van der Waals surface area contributed by atoms with Crippen LogP contribution in [0.5, 0.6) is 0 Å². The summed E-state index contributed by atoms with van der Waals surface area (Å²) in [5.41, 5.74) is 4.71. The van der Waals surface area contributed by atoms with Crippen molar-refractivity contribution in [3.8, 4) is 0 Å². The fourth-order valence-corrected chi connectivity index (χ4v) is 5.01. The van der Waals surface area contributed by atoms with E-state index in [-0.39, 0.29) is 6.17 Å². The zero-order chi connectivity index (χ0) is 22.5. The number of likely N-dealkylation sites (N-methyl/N-ethyl adjacent to an activating group) is 1. The van der Waals surface area contributed by atoms with Crippen LogP contribution < -0.4 is 10.2 Å². The van der Waals surface area contributed by atoms with Crippen LogP contribution in [0.25, 0.3) is 11.0 Å². The second-order valence-electron chi connectivity index (χ2n) is 9.59. The van der Waals surface area contributed by atoms with Gasteiger partial charge in [-0.05, 0) is 36.2 Å². The van der Waals surface area contributed by atoms with Crippen molar-refractivity contribution in [2.24, 2.45) is 4.99 Å². The number of nitrogens with zero attached hydrogens (tertiary/aromatic N) is 7. The number of imidazole rings is 1. The molecule has 0 amide bonds. The number of anilines is 1. The van der Waals surface area contributed by atoms with Gasteiger partial charge in [-0.15, -0.1) is 0 Å². The van der Waals surface area contributed by atoms with Crippen molar-refractivity contribution in [3.05, 3.63) is 59.7 Å². The summed E-state index contributed by atoms with van der Waals surface area (Å²) >= 11 is 0. The van der Waals surface area contributed by atoms with Crippen LogP contribution >= 0.6 is 0 Å². The summed E-state index contributed by atoms with van der Waals surface area (Å²) in [5, 5.41) is 8.51. The molecule has 4 heterocycles. The first kappa shape index (κ1) is 20.7. The SMILES string of the molecule is CC(C)c1ccc(C2NC3=NCN(N4CCN(C)CC4)CN3c3nc4ccccc4n32)cc1. The molecule has 8 nitrogen and oxygen atoms in total. The van der Waals surface area contributed by atoms with Gasteiger partial charge < -0.3 is 10.2 Å². The summed E-state index contributed by atoms with van der Waals surface area (Å²) in [6, 6.07) is 17.4. The van der Waals surface area contributed by atoms with Crippen molar-refractivity contribution >= 4 is 22.9 Å². The number of fused-ring (bicyclic) bond motifs is 5. The number of hydrogen-bond acceptors (Lipinski definition) is 7. The number of para-hydroxylation sites is 2. The van der Waals surface area contributed by atoms with E-state index < -0.39 is 0 Å². The molecule has 2 aromatic carbocycles. The van der Waals surface area contributed by atoms with E-state index in [4.69, 9.17) is 9.98 Å². The topological polar surface area (TPSA) is 55.2 Å². The number of hydrogen-bond donors (Lipinski definition) is 1. The molecule has 1 unspecified atom stereocenters. The third-order valence-corrected chi connectivity index (χ3v) is 7.09. The molecule has 1 N–H and O–H groups in total. The second kappa shape index (κ2) is 8.13. The van der Waals surface area contributed by atoms with Gasteiger partial charge in [0.2, 0.25) is 11.9 Å². The summed E-state index contributed by atoms with van der Waals surface area (Å²) in [4.78, 5) is 14.6. The van der Waals surface area contributed by atoms with Crippen LogP contribution in [-0.2, 0) is 0 Å². The number of piperazine rings is 1. The van der Waals surface area contributed by atoms with Gasteiger partial charge in [-0.25, -0.2) is 20.0 Å². The quantitative estimate of drug-likeness (QED) is 0.671. The molecule has 1 aromatic heterocycles. The van der Waals surface area contributed by atoms with Crippen LogP contribution in [-0.4, -0.2) is 77.0 Å². The smallest absolute Gasteiger partial charge is 0.216 e. The van der Waals surface area contributed by atoms with Crippen LogP contribution in [0, 0.1) is 0 Å². The average Bonchev–Trinajstić information content (AvgIpc) is 3.24. The molecule has 0 spiro atoms. The summed E-state index contributed by atoms with van der Waals surface area (Å²) in [6.07, 6.45) is -0.0428. The Balaban J connectivity index is 1.39. The fraction of sp³-hybridized carbons (Fsp3) is 0.440. The fourth-order valence-electron chi connectivity index (χ4n) is 5.01. The standard InChI is InChI=1S/C25H32N8/c1-18(2)19-8-10-20(11-9-19)23-28-24-26-16-31(30-14-12-29(3)13-15-30)17-32(24)25-27-21-6-4-5-7-22(21)33(23)25/h4-11,18,23H,12-17H2,1-3H3,(H,26,28). The third kappa shape index (κ3) is 3.58. The number of nitrogens with one attached hydrogen (secondary N) is 1. The molecule has 0 aliphatic carbocycles. The van der Waals surface area contributed by atoms with Crippen molar-refractivity contribution in [2.75, 3.05) is 51.5 Å². The Labute approximate surface area is 195 Å². The van der Waals surface area contributed by atoms with E-state index >= 15 is 0 Å². The van der Waals surface area contributed by atoms with Gasteiger partial charge in [0.25, 0.3) is 0 Å². The predicted octanol–water partition coefficient (Wildman–Crippen LogP) is 2.87. The minimum absolute atomic E-state index is 0.0428. The number of aliphatic imine (C=N–C) groups is 1. The van der Waals surface area contributed by atoms with E-state index in [9.17, 15) is 0 Å². The van der Waals surface area contributed by atoms with E-state index in [1.165, 1.54) is 11.1 Å². The summed E-state index contributed by atoms with van der Waals surface area (Å²) < 4.78 is 2.33. The van der Waals surface area contributed by atoms with Crippen molar-refractivity contribution in [2.45, 2.75) is 25.9 Å². The molecule has 1 fully saturated rings. The van der Waals surface area contributed by atoms with E-state index in [1.807, 2.05) is 0 Å². The molecule has 0 saturated carbocycles. The first-order chi connectivity index (χ1) is 16.1. The Morgan fingerprint density at radius 1 is 0.939 bits per heavy atom. The van der Waals surface area contributed by atoms with Crippen molar-refractivity contribution in [3.63, 3.8) is 0 Å². The lowest BCUT2D eigenvalue weighted by Crippen LogP contribution is -2.62. The van der Waals surface area contributed by atoms with Crippen molar-refractivity contribution in [1.82, 2.24) is 29.8 Å². The van der Waals surface area contributed by atoms with Gasteiger partial charge in [0.05, 0.1) is 17.7 Å². The Bertz CT molecular complexity index is 1170. The number of benzene rings is 2. The molecule has 0 bridgehead atoms. The predicted molar refractivity (Wildman–Crippen MR) is 132 cm³/mol. The Morgan fingerprint density at radius 3 is 2.45 bits per heavy atom. The number of hydrazine groups is 1. The molecule has 1 atom stereocenters. The van der Waals surface area contributed by atoms with E-state index in [1.54, 1.807) is 0 Å². The van der Waals surface area contributed by atoms with Crippen LogP contribution in [0.4, 0.5) is 5.95 Å². The van der Waals surface area contributed by atoms with Crippen molar-refractivity contribution < 1.29 is 0 Å². The van der Waals surface area contributed by atoms with Gasteiger partial charge in [-0.1, -0.05) is 50.2 Å². The van der Waals surface area contributed by atoms with Gasteiger partial charge in [0.15, 0.2) is 0 Å². The van der Waals surface area contributed by atoms with Crippen LogP contribution in [0.1, 0.15) is 37.1 Å². The highest BCUT2D eigenvalue weighted by atomic mass is 15.7. The van der Waals surface area contributed by atoms with Gasteiger partial charge in [-0.2, -0.15) is 0 Å². The molecular weight excluding hydrogens is 412 g/mol. The molecule has 6 rings (SSSR count). The molecular formula is C25H32N8. The zero-order valence-corrected chi connectivity index (χ0v) is 19.6. The first-order valence-corrected chi connectivity index (χ1v) is 11.9. The number of aromatic nitrogens is 2. The molecule has 3 aliphatic rings. The zero-order valence-electron chi connectivity index (χ0n) is 19.6. The number of rotatable bonds is 3. The summed E-state index contributed by atoms with van der Waals surface area (Å²) in [7, 11) is 2.19. The van der Waals surface area contributed by atoms with Gasteiger partial charge >= 0.3 is 0 Å². The molecule has 8 heteroatoms. The lowest BCUT2D eigenvalue weighted by atomic mass is 10.0. The molecule has 172 valence electrons.